The predicted molar refractivity (Wildman–Crippen MR) is 88.4 cm³/mol. The SMILES string of the molecule is CC(C)(C)c1ccc(Cn2nnc(C=O)c2C(C)(C)C)cc1. The van der Waals surface area contributed by atoms with Gasteiger partial charge in [0, 0.05) is 5.41 Å². The Labute approximate surface area is 132 Å². The highest BCUT2D eigenvalue weighted by Crippen LogP contribution is 2.25. The van der Waals surface area contributed by atoms with Crippen LogP contribution in [-0.4, -0.2) is 21.3 Å². The number of hydrogen-bond acceptors (Lipinski definition) is 3. The number of aromatic nitrogens is 3. The van der Waals surface area contributed by atoms with Gasteiger partial charge in [-0.05, 0) is 16.5 Å². The van der Waals surface area contributed by atoms with Crippen LogP contribution in [0, 0.1) is 0 Å². The Hall–Kier alpha value is -1.97. The smallest absolute Gasteiger partial charge is 0.172 e. The fourth-order valence-corrected chi connectivity index (χ4v) is 2.57. The standard InChI is InChI=1S/C18H25N3O/c1-17(2,3)14-9-7-13(8-10-14)11-21-16(18(4,5)6)15(12-22)19-20-21/h7-10,12H,11H2,1-6H3. The van der Waals surface area contributed by atoms with Gasteiger partial charge in [-0.2, -0.15) is 0 Å². The lowest BCUT2D eigenvalue weighted by atomic mass is 9.86. The fourth-order valence-electron chi connectivity index (χ4n) is 2.57. The molecule has 0 unspecified atom stereocenters. The zero-order valence-corrected chi connectivity index (χ0v) is 14.3. The van der Waals surface area contributed by atoms with E-state index in [0.717, 1.165) is 17.5 Å². The van der Waals surface area contributed by atoms with Crippen LogP contribution in [0.1, 0.15) is 68.9 Å². The average molecular weight is 299 g/mol. The van der Waals surface area contributed by atoms with Crippen LogP contribution in [0.3, 0.4) is 0 Å². The summed E-state index contributed by atoms with van der Waals surface area (Å²) in [4.78, 5) is 11.2. The third kappa shape index (κ3) is 3.43. The van der Waals surface area contributed by atoms with Crippen molar-refractivity contribution < 1.29 is 4.79 Å². The Morgan fingerprint density at radius 1 is 1.00 bits per heavy atom. The van der Waals surface area contributed by atoms with Crippen LogP contribution < -0.4 is 0 Å². The van der Waals surface area contributed by atoms with Crippen molar-refractivity contribution >= 4 is 6.29 Å². The molecule has 0 bridgehead atoms. The Kier molecular flexibility index (Phi) is 4.23. The van der Waals surface area contributed by atoms with Crippen LogP contribution in [0.5, 0.6) is 0 Å². The normalized spacial score (nSPS) is 12.5. The molecule has 2 aromatic rings. The zero-order valence-electron chi connectivity index (χ0n) is 14.3. The first-order valence-electron chi connectivity index (χ1n) is 7.61. The van der Waals surface area contributed by atoms with Crippen molar-refractivity contribution in [2.45, 2.75) is 58.9 Å². The summed E-state index contributed by atoms with van der Waals surface area (Å²) in [7, 11) is 0. The molecule has 0 atom stereocenters. The topological polar surface area (TPSA) is 47.8 Å². The molecule has 0 amide bonds. The van der Waals surface area contributed by atoms with Gasteiger partial charge in [-0.25, -0.2) is 4.68 Å². The number of nitrogens with zero attached hydrogens (tertiary/aromatic N) is 3. The van der Waals surface area contributed by atoms with Crippen molar-refractivity contribution in [2.75, 3.05) is 0 Å². The molecule has 2 rings (SSSR count). The largest absolute Gasteiger partial charge is 0.296 e. The monoisotopic (exact) mass is 299 g/mol. The summed E-state index contributed by atoms with van der Waals surface area (Å²) in [5.41, 5.74) is 3.74. The first-order chi connectivity index (χ1) is 10.1. The summed E-state index contributed by atoms with van der Waals surface area (Å²) in [5, 5.41) is 8.15. The Morgan fingerprint density at radius 2 is 1.59 bits per heavy atom. The van der Waals surface area contributed by atoms with Gasteiger partial charge in [0.1, 0.15) is 5.69 Å². The summed E-state index contributed by atoms with van der Waals surface area (Å²) < 4.78 is 1.83. The molecule has 0 fully saturated rings. The first-order valence-corrected chi connectivity index (χ1v) is 7.61. The minimum absolute atomic E-state index is 0.146. The number of hydrogen-bond donors (Lipinski definition) is 0. The van der Waals surface area contributed by atoms with Crippen molar-refractivity contribution in [1.29, 1.82) is 0 Å². The van der Waals surface area contributed by atoms with Crippen LogP contribution in [0.25, 0.3) is 0 Å². The molecule has 118 valence electrons. The summed E-state index contributed by atoms with van der Waals surface area (Å²) in [5.74, 6) is 0. The van der Waals surface area contributed by atoms with E-state index in [2.05, 4.69) is 76.1 Å². The lowest BCUT2D eigenvalue weighted by Gasteiger charge is -2.21. The molecule has 0 N–H and O–H groups in total. The van der Waals surface area contributed by atoms with Crippen molar-refractivity contribution in [1.82, 2.24) is 15.0 Å². The maximum atomic E-state index is 11.2. The van der Waals surface area contributed by atoms with Gasteiger partial charge in [-0.1, -0.05) is 71.0 Å². The molecule has 4 nitrogen and oxygen atoms in total. The molecule has 4 heteroatoms. The first kappa shape index (κ1) is 16.4. The van der Waals surface area contributed by atoms with Crippen molar-refractivity contribution in [3.05, 3.63) is 46.8 Å². The summed E-state index contributed by atoms with van der Waals surface area (Å²) in [6.45, 7) is 13.4. The summed E-state index contributed by atoms with van der Waals surface area (Å²) in [6, 6.07) is 8.55. The van der Waals surface area contributed by atoms with E-state index in [9.17, 15) is 4.79 Å². The van der Waals surface area contributed by atoms with Gasteiger partial charge in [0.15, 0.2) is 6.29 Å². The molecule has 0 saturated heterocycles. The fraction of sp³-hybridized carbons (Fsp3) is 0.500. The highest BCUT2D eigenvalue weighted by molar-refractivity contribution is 5.73. The molecule has 0 aliphatic rings. The van der Waals surface area contributed by atoms with Crippen molar-refractivity contribution in [2.24, 2.45) is 0 Å². The Balaban J connectivity index is 2.32. The van der Waals surface area contributed by atoms with Gasteiger partial charge in [-0.15, -0.1) is 5.10 Å². The van der Waals surface area contributed by atoms with Gasteiger partial charge in [0.2, 0.25) is 0 Å². The second-order valence-corrected chi connectivity index (χ2v) is 7.80. The van der Waals surface area contributed by atoms with Crippen LogP contribution in [0.4, 0.5) is 0 Å². The molecule has 1 aromatic heterocycles. The molecule has 0 radical (unpaired) electrons. The number of carbonyl (C=O) groups is 1. The van der Waals surface area contributed by atoms with Crippen molar-refractivity contribution in [3.63, 3.8) is 0 Å². The summed E-state index contributed by atoms with van der Waals surface area (Å²) >= 11 is 0. The van der Waals surface area contributed by atoms with E-state index in [1.165, 1.54) is 5.56 Å². The second-order valence-electron chi connectivity index (χ2n) is 7.80. The van der Waals surface area contributed by atoms with E-state index < -0.39 is 0 Å². The number of benzene rings is 1. The zero-order chi connectivity index (χ0) is 16.5. The van der Waals surface area contributed by atoms with Gasteiger partial charge in [0.05, 0.1) is 12.2 Å². The van der Waals surface area contributed by atoms with E-state index in [1.807, 2.05) is 4.68 Å². The molecular weight excluding hydrogens is 274 g/mol. The number of rotatable bonds is 3. The highest BCUT2D eigenvalue weighted by Gasteiger charge is 2.25. The van der Waals surface area contributed by atoms with Crippen LogP contribution in [0.2, 0.25) is 0 Å². The molecular formula is C18H25N3O. The van der Waals surface area contributed by atoms with Crippen LogP contribution in [0.15, 0.2) is 24.3 Å². The molecule has 1 heterocycles. The maximum Gasteiger partial charge on any atom is 0.172 e. The number of aldehydes is 1. The quantitative estimate of drug-likeness (QED) is 0.811. The maximum absolute atomic E-state index is 11.2. The molecule has 0 aliphatic heterocycles. The second kappa shape index (κ2) is 5.67. The van der Waals surface area contributed by atoms with E-state index in [4.69, 9.17) is 0 Å². The summed E-state index contributed by atoms with van der Waals surface area (Å²) in [6.07, 6.45) is 0.785. The minimum atomic E-state index is -0.176. The van der Waals surface area contributed by atoms with Gasteiger partial charge < -0.3 is 0 Å². The van der Waals surface area contributed by atoms with E-state index >= 15 is 0 Å². The van der Waals surface area contributed by atoms with Crippen LogP contribution >= 0.6 is 0 Å². The molecule has 22 heavy (non-hydrogen) atoms. The van der Waals surface area contributed by atoms with E-state index in [1.54, 1.807) is 0 Å². The predicted octanol–water partition coefficient (Wildman–Crippen LogP) is 3.73. The average Bonchev–Trinajstić information content (AvgIpc) is 2.81. The minimum Gasteiger partial charge on any atom is -0.296 e. The van der Waals surface area contributed by atoms with Crippen LogP contribution in [-0.2, 0) is 17.4 Å². The lowest BCUT2D eigenvalue weighted by molar-refractivity contribution is 0.111. The Bertz CT molecular complexity index is 655. The van der Waals surface area contributed by atoms with E-state index in [-0.39, 0.29) is 10.8 Å². The third-order valence-electron chi connectivity index (χ3n) is 3.74. The van der Waals surface area contributed by atoms with Gasteiger partial charge in [0.25, 0.3) is 0 Å². The van der Waals surface area contributed by atoms with E-state index in [0.29, 0.717) is 12.2 Å². The van der Waals surface area contributed by atoms with Crippen molar-refractivity contribution in [3.8, 4) is 0 Å². The molecule has 0 spiro atoms. The molecule has 1 aromatic carbocycles. The molecule has 0 saturated carbocycles. The third-order valence-corrected chi connectivity index (χ3v) is 3.74. The molecule has 0 aliphatic carbocycles. The Morgan fingerprint density at radius 3 is 2.05 bits per heavy atom. The van der Waals surface area contributed by atoms with Gasteiger partial charge in [-0.3, -0.25) is 4.79 Å². The number of carbonyl (C=O) groups excluding carboxylic acids is 1. The lowest BCUT2D eigenvalue weighted by Crippen LogP contribution is -2.20. The van der Waals surface area contributed by atoms with Gasteiger partial charge >= 0.3 is 0 Å². The highest BCUT2D eigenvalue weighted by atomic mass is 16.1.